The van der Waals surface area contributed by atoms with Crippen molar-refractivity contribution in [1.29, 1.82) is 0 Å². The molecule has 108 valence electrons. The third-order valence-corrected chi connectivity index (χ3v) is 3.59. The first-order valence-corrected chi connectivity index (χ1v) is 6.80. The quantitative estimate of drug-likeness (QED) is 0.778. The number of methoxy groups -OCH3 is 2. The second-order valence-corrected chi connectivity index (χ2v) is 5.20. The Hall–Kier alpha value is -1.82. The van der Waals surface area contributed by atoms with Gasteiger partial charge in [-0.25, -0.2) is 0 Å². The fraction of sp³-hybridized carbons (Fsp3) is 0.429. The molecular formula is C14H18N2O3S. The fourth-order valence-electron chi connectivity index (χ4n) is 2.14. The van der Waals surface area contributed by atoms with Crippen molar-refractivity contribution in [3.05, 3.63) is 23.8 Å². The van der Waals surface area contributed by atoms with E-state index in [0.717, 1.165) is 12.8 Å². The second-order valence-electron chi connectivity index (χ2n) is 4.73. The summed E-state index contributed by atoms with van der Waals surface area (Å²) >= 11 is 5.02. The molecule has 2 rings (SSSR count). The summed E-state index contributed by atoms with van der Waals surface area (Å²) in [4.78, 5) is 12.7. The molecule has 0 aromatic heterocycles. The lowest BCUT2D eigenvalue weighted by Crippen LogP contribution is -2.45. The zero-order chi connectivity index (χ0) is 14.7. The first kappa shape index (κ1) is 14.6. The maximum Gasteiger partial charge on any atom is 0.255 e. The van der Waals surface area contributed by atoms with Crippen LogP contribution in [0.5, 0.6) is 11.5 Å². The fourth-order valence-corrected chi connectivity index (χ4v) is 2.39. The number of nitrogens with one attached hydrogen (secondary N) is 1. The van der Waals surface area contributed by atoms with Crippen LogP contribution in [0, 0.1) is 5.92 Å². The van der Waals surface area contributed by atoms with Gasteiger partial charge in [-0.1, -0.05) is 18.3 Å². The topological polar surface area (TPSA) is 73.6 Å². The number of carbonyl (C=O) groups is 1. The van der Waals surface area contributed by atoms with Crippen LogP contribution in [0.3, 0.4) is 0 Å². The standard InChI is InChI=1S/C14H18N2O3S/c1-18-10-5-3-4-9(12(10)19-2)14(17)16-11(13(15)20)8-6-7-8/h3-5,8,11H,6-7H2,1-2H3,(H2,15,20)(H,16,17). The zero-order valence-corrected chi connectivity index (χ0v) is 12.3. The molecule has 0 saturated heterocycles. The molecule has 5 nitrogen and oxygen atoms in total. The van der Waals surface area contributed by atoms with Crippen molar-refractivity contribution in [1.82, 2.24) is 5.32 Å². The van der Waals surface area contributed by atoms with Crippen LogP contribution in [0.4, 0.5) is 0 Å². The van der Waals surface area contributed by atoms with Gasteiger partial charge in [0.1, 0.15) is 0 Å². The van der Waals surface area contributed by atoms with Gasteiger partial charge in [-0.3, -0.25) is 4.79 Å². The Morgan fingerprint density at radius 3 is 2.60 bits per heavy atom. The molecule has 1 fully saturated rings. The average molecular weight is 294 g/mol. The number of hydrogen-bond donors (Lipinski definition) is 2. The van der Waals surface area contributed by atoms with Gasteiger partial charge >= 0.3 is 0 Å². The lowest BCUT2D eigenvalue weighted by molar-refractivity contribution is 0.0940. The lowest BCUT2D eigenvalue weighted by atomic mass is 10.1. The van der Waals surface area contributed by atoms with Crippen molar-refractivity contribution in [3.8, 4) is 11.5 Å². The molecule has 1 amide bonds. The highest BCUT2D eigenvalue weighted by Gasteiger charge is 2.34. The van der Waals surface area contributed by atoms with Crippen molar-refractivity contribution < 1.29 is 14.3 Å². The van der Waals surface area contributed by atoms with Crippen LogP contribution in [0.15, 0.2) is 18.2 Å². The van der Waals surface area contributed by atoms with E-state index in [1.807, 2.05) is 0 Å². The molecule has 1 atom stereocenters. The molecule has 20 heavy (non-hydrogen) atoms. The normalized spacial score (nSPS) is 15.3. The van der Waals surface area contributed by atoms with Gasteiger partial charge in [0.2, 0.25) is 0 Å². The number of nitrogens with two attached hydrogens (primary N) is 1. The first-order valence-electron chi connectivity index (χ1n) is 6.39. The van der Waals surface area contributed by atoms with E-state index in [2.05, 4.69) is 5.32 Å². The Labute approximate surface area is 123 Å². The monoisotopic (exact) mass is 294 g/mol. The molecule has 0 spiro atoms. The lowest BCUT2D eigenvalue weighted by Gasteiger charge is -2.18. The summed E-state index contributed by atoms with van der Waals surface area (Å²) in [6.07, 6.45) is 2.08. The van der Waals surface area contributed by atoms with E-state index in [1.165, 1.54) is 14.2 Å². The Morgan fingerprint density at radius 1 is 1.40 bits per heavy atom. The van der Waals surface area contributed by atoms with Crippen LogP contribution in [0.25, 0.3) is 0 Å². The molecule has 3 N–H and O–H groups in total. The molecule has 1 aliphatic rings. The molecule has 1 unspecified atom stereocenters. The summed E-state index contributed by atoms with van der Waals surface area (Å²) in [6, 6.07) is 4.90. The molecule has 0 radical (unpaired) electrons. The van der Waals surface area contributed by atoms with E-state index in [0.29, 0.717) is 28.0 Å². The predicted molar refractivity (Wildman–Crippen MR) is 80.3 cm³/mol. The highest BCUT2D eigenvalue weighted by atomic mass is 32.1. The SMILES string of the molecule is COc1cccc(C(=O)NC(C(N)=S)C2CC2)c1OC. The van der Waals surface area contributed by atoms with E-state index in [9.17, 15) is 4.79 Å². The maximum absolute atomic E-state index is 12.4. The third kappa shape index (κ3) is 3.01. The largest absolute Gasteiger partial charge is 0.493 e. The molecule has 6 heteroatoms. The number of hydrogen-bond acceptors (Lipinski definition) is 4. The number of para-hydroxylation sites is 1. The van der Waals surface area contributed by atoms with Crippen LogP contribution >= 0.6 is 12.2 Å². The van der Waals surface area contributed by atoms with Gasteiger partial charge in [-0.2, -0.15) is 0 Å². The molecule has 0 bridgehead atoms. The summed E-state index contributed by atoms with van der Waals surface area (Å²) in [5.41, 5.74) is 6.10. The van der Waals surface area contributed by atoms with Crippen molar-refractivity contribution in [3.63, 3.8) is 0 Å². The van der Waals surface area contributed by atoms with E-state index in [1.54, 1.807) is 18.2 Å². The van der Waals surface area contributed by atoms with Gasteiger partial charge in [0, 0.05) is 0 Å². The van der Waals surface area contributed by atoms with Gasteiger partial charge in [0.25, 0.3) is 5.91 Å². The number of thiocarbonyl (C=S) groups is 1. The van der Waals surface area contributed by atoms with Crippen LogP contribution < -0.4 is 20.5 Å². The van der Waals surface area contributed by atoms with E-state index in [-0.39, 0.29) is 11.9 Å². The van der Waals surface area contributed by atoms with Crippen molar-refractivity contribution >= 4 is 23.1 Å². The Kier molecular flexibility index (Phi) is 4.44. The minimum absolute atomic E-state index is 0.256. The van der Waals surface area contributed by atoms with Gasteiger partial charge in [-0.05, 0) is 30.9 Å². The number of rotatable bonds is 6. The van der Waals surface area contributed by atoms with Gasteiger partial charge in [0.15, 0.2) is 11.5 Å². The number of carbonyl (C=O) groups excluding carboxylic acids is 1. The summed E-state index contributed by atoms with van der Waals surface area (Å²) < 4.78 is 10.4. The number of ether oxygens (including phenoxy) is 2. The smallest absolute Gasteiger partial charge is 0.255 e. The summed E-state index contributed by atoms with van der Waals surface area (Å²) in [5, 5.41) is 2.88. The van der Waals surface area contributed by atoms with Crippen molar-refractivity contribution in [2.45, 2.75) is 18.9 Å². The van der Waals surface area contributed by atoms with Crippen LogP contribution in [0.2, 0.25) is 0 Å². The number of amides is 1. The highest BCUT2D eigenvalue weighted by molar-refractivity contribution is 7.80. The number of benzene rings is 1. The summed E-state index contributed by atoms with van der Waals surface area (Å²) in [6.45, 7) is 0. The highest BCUT2D eigenvalue weighted by Crippen LogP contribution is 2.34. The summed E-state index contributed by atoms with van der Waals surface area (Å²) in [5.74, 6) is 1.02. The van der Waals surface area contributed by atoms with Crippen molar-refractivity contribution in [2.24, 2.45) is 11.7 Å². The van der Waals surface area contributed by atoms with Gasteiger partial charge in [0.05, 0.1) is 30.8 Å². The van der Waals surface area contributed by atoms with Gasteiger partial charge < -0.3 is 20.5 Å². The maximum atomic E-state index is 12.4. The van der Waals surface area contributed by atoms with E-state index >= 15 is 0 Å². The first-order chi connectivity index (χ1) is 9.58. The molecule has 0 aliphatic heterocycles. The Balaban J connectivity index is 2.22. The molecule has 1 aliphatic carbocycles. The molecule has 1 aromatic rings. The third-order valence-electron chi connectivity index (χ3n) is 3.33. The predicted octanol–water partition coefficient (Wildman–Crippen LogP) is 1.50. The second kappa shape index (κ2) is 6.09. The minimum Gasteiger partial charge on any atom is -0.493 e. The summed E-state index contributed by atoms with van der Waals surface area (Å²) in [7, 11) is 3.03. The molecule has 0 heterocycles. The molecular weight excluding hydrogens is 276 g/mol. The van der Waals surface area contributed by atoms with Gasteiger partial charge in [-0.15, -0.1) is 0 Å². The van der Waals surface area contributed by atoms with Crippen molar-refractivity contribution in [2.75, 3.05) is 14.2 Å². The van der Waals surface area contributed by atoms with E-state index in [4.69, 9.17) is 27.4 Å². The molecule has 1 saturated carbocycles. The van der Waals surface area contributed by atoms with Crippen LogP contribution in [-0.4, -0.2) is 31.2 Å². The molecule has 1 aromatic carbocycles. The minimum atomic E-state index is -0.259. The van der Waals surface area contributed by atoms with Crippen LogP contribution in [-0.2, 0) is 0 Å². The van der Waals surface area contributed by atoms with E-state index < -0.39 is 0 Å². The Bertz CT molecular complexity index is 529. The van der Waals surface area contributed by atoms with Crippen LogP contribution in [0.1, 0.15) is 23.2 Å². The zero-order valence-electron chi connectivity index (χ0n) is 11.5. The average Bonchev–Trinajstić information content (AvgIpc) is 3.27. The Morgan fingerprint density at radius 2 is 2.10 bits per heavy atom.